The number of rotatable bonds is 3. The third-order valence-corrected chi connectivity index (χ3v) is 4.09. The summed E-state index contributed by atoms with van der Waals surface area (Å²) in [5.41, 5.74) is 2.17. The summed E-state index contributed by atoms with van der Waals surface area (Å²) in [7, 11) is 0. The van der Waals surface area contributed by atoms with Crippen LogP contribution >= 0.6 is 15.9 Å². The smallest absolute Gasteiger partial charge is 0.257 e. The predicted molar refractivity (Wildman–Crippen MR) is 95.8 cm³/mol. The molecule has 0 fully saturated rings. The third-order valence-electron chi connectivity index (χ3n) is 3.67. The number of carbonyl (C=O) groups excluding carboxylic acids is 1. The van der Waals surface area contributed by atoms with Gasteiger partial charge >= 0.3 is 0 Å². The van der Waals surface area contributed by atoms with Crippen molar-refractivity contribution >= 4 is 38.6 Å². The van der Waals surface area contributed by atoms with Crippen molar-refractivity contribution in [2.24, 2.45) is 0 Å². The molecule has 1 amide bonds. The van der Waals surface area contributed by atoms with Crippen LogP contribution in [0.5, 0.6) is 0 Å². The number of aromatic amines is 1. The number of halogens is 2. The minimum atomic E-state index is -0.360. The van der Waals surface area contributed by atoms with Crippen molar-refractivity contribution in [1.29, 1.82) is 0 Å². The quantitative estimate of drug-likeness (QED) is 0.510. The highest BCUT2D eigenvalue weighted by atomic mass is 79.9. The first-order valence-electron chi connectivity index (χ1n) is 7.41. The maximum Gasteiger partial charge on any atom is 0.257 e. The van der Waals surface area contributed by atoms with E-state index < -0.39 is 0 Å². The van der Waals surface area contributed by atoms with Crippen LogP contribution in [-0.4, -0.2) is 15.9 Å². The highest BCUT2D eigenvalue weighted by molar-refractivity contribution is 9.10. The van der Waals surface area contributed by atoms with Gasteiger partial charge in [0.2, 0.25) is 0 Å². The maximum atomic E-state index is 13.0. The number of hydrogen-bond acceptors (Lipinski definition) is 3. The Morgan fingerprint density at radius 1 is 1.12 bits per heavy atom. The Bertz CT molecular complexity index is 1070. The van der Waals surface area contributed by atoms with Crippen LogP contribution in [0.4, 0.5) is 10.1 Å². The molecule has 2 N–H and O–H groups in total. The number of amides is 1. The number of aromatic nitrogens is 2. The number of benzene rings is 2. The Kier molecular flexibility index (Phi) is 3.85. The first-order valence-corrected chi connectivity index (χ1v) is 8.21. The van der Waals surface area contributed by atoms with Crippen molar-refractivity contribution in [3.8, 4) is 11.6 Å². The molecular weight excluding hydrogens is 389 g/mol. The average molecular weight is 400 g/mol. The van der Waals surface area contributed by atoms with Crippen molar-refractivity contribution in [3.05, 3.63) is 70.6 Å². The lowest BCUT2D eigenvalue weighted by atomic mass is 10.1. The van der Waals surface area contributed by atoms with E-state index in [0.717, 1.165) is 0 Å². The van der Waals surface area contributed by atoms with E-state index in [-0.39, 0.29) is 11.7 Å². The van der Waals surface area contributed by atoms with E-state index >= 15 is 0 Å². The van der Waals surface area contributed by atoms with E-state index in [0.29, 0.717) is 38.5 Å². The number of furan rings is 1. The second kappa shape index (κ2) is 6.18. The van der Waals surface area contributed by atoms with Crippen molar-refractivity contribution < 1.29 is 13.6 Å². The zero-order valence-electron chi connectivity index (χ0n) is 12.7. The highest BCUT2D eigenvalue weighted by Gasteiger charge is 2.16. The summed E-state index contributed by atoms with van der Waals surface area (Å²) in [6.07, 6.45) is 0. The van der Waals surface area contributed by atoms with Gasteiger partial charge in [0.05, 0.1) is 11.1 Å². The SMILES string of the molecule is O=C(Nc1ccc(F)cc1)c1cccc2[nH]c(-c3ccc(Br)o3)nc12. The van der Waals surface area contributed by atoms with Gasteiger partial charge in [0.15, 0.2) is 16.3 Å². The first kappa shape index (κ1) is 15.6. The van der Waals surface area contributed by atoms with Crippen LogP contribution in [0.15, 0.2) is 63.7 Å². The van der Waals surface area contributed by atoms with Crippen LogP contribution in [0.3, 0.4) is 0 Å². The molecule has 2 heterocycles. The van der Waals surface area contributed by atoms with E-state index in [2.05, 4.69) is 31.2 Å². The van der Waals surface area contributed by atoms with E-state index in [1.165, 1.54) is 24.3 Å². The lowest BCUT2D eigenvalue weighted by molar-refractivity contribution is 0.102. The molecule has 0 saturated carbocycles. The summed E-state index contributed by atoms with van der Waals surface area (Å²) in [5.74, 6) is 0.410. The average Bonchev–Trinajstić information content (AvgIpc) is 3.22. The molecule has 4 aromatic rings. The van der Waals surface area contributed by atoms with Gasteiger partial charge < -0.3 is 14.7 Å². The second-order valence-electron chi connectivity index (χ2n) is 5.35. The predicted octanol–water partition coefficient (Wildman–Crippen LogP) is 4.98. The number of hydrogen-bond donors (Lipinski definition) is 2. The fourth-order valence-corrected chi connectivity index (χ4v) is 2.81. The Labute approximate surface area is 150 Å². The summed E-state index contributed by atoms with van der Waals surface area (Å²) in [5, 5.41) is 2.74. The first-order chi connectivity index (χ1) is 12.1. The number of fused-ring (bicyclic) bond motifs is 1. The topological polar surface area (TPSA) is 70.9 Å². The zero-order chi connectivity index (χ0) is 17.4. The molecule has 124 valence electrons. The number of H-pyrrole nitrogens is 1. The number of nitrogens with one attached hydrogen (secondary N) is 2. The number of imidazole rings is 1. The molecule has 0 atom stereocenters. The van der Waals surface area contributed by atoms with Gasteiger partial charge in [-0.05, 0) is 64.5 Å². The molecule has 0 saturated heterocycles. The standard InChI is InChI=1S/C18H11BrFN3O2/c19-15-9-8-14(25-15)17-22-13-3-1-2-12(16(13)23-17)18(24)21-11-6-4-10(20)5-7-11/h1-9H,(H,21,24)(H,22,23). The zero-order valence-corrected chi connectivity index (χ0v) is 14.3. The fraction of sp³-hybridized carbons (Fsp3) is 0. The van der Waals surface area contributed by atoms with Crippen LogP contribution in [0.1, 0.15) is 10.4 Å². The van der Waals surface area contributed by atoms with Gasteiger partial charge in [0.1, 0.15) is 11.3 Å². The molecule has 5 nitrogen and oxygen atoms in total. The Hall–Kier alpha value is -2.93. The Morgan fingerprint density at radius 2 is 1.92 bits per heavy atom. The molecule has 0 aliphatic carbocycles. The lowest BCUT2D eigenvalue weighted by Crippen LogP contribution is -2.12. The van der Waals surface area contributed by atoms with Gasteiger partial charge in [-0.2, -0.15) is 0 Å². The Morgan fingerprint density at radius 3 is 2.64 bits per heavy atom. The van der Waals surface area contributed by atoms with Gasteiger partial charge in [-0.3, -0.25) is 4.79 Å². The van der Waals surface area contributed by atoms with Crippen LogP contribution in [0, 0.1) is 5.82 Å². The minimum Gasteiger partial charge on any atom is -0.446 e. The number of para-hydroxylation sites is 1. The molecular formula is C18H11BrFN3O2. The lowest BCUT2D eigenvalue weighted by Gasteiger charge is -2.05. The summed E-state index contributed by atoms with van der Waals surface area (Å²) in [4.78, 5) is 20.2. The molecule has 0 aliphatic heterocycles. The van der Waals surface area contributed by atoms with Gasteiger partial charge in [0.25, 0.3) is 5.91 Å². The fourth-order valence-electron chi connectivity index (χ4n) is 2.51. The molecule has 4 rings (SSSR count). The molecule has 7 heteroatoms. The van der Waals surface area contributed by atoms with Crippen LogP contribution in [-0.2, 0) is 0 Å². The molecule has 0 spiro atoms. The number of anilines is 1. The van der Waals surface area contributed by atoms with Gasteiger partial charge in [-0.25, -0.2) is 9.37 Å². The maximum absolute atomic E-state index is 13.0. The van der Waals surface area contributed by atoms with Crippen molar-refractivity contribution in [3.63, 3.8) is 0 Å². The van der Waals surface area contributed by atoms with Crippen LogP contribution in [0.25, 0.3) is 22.6 Å². The molecule has 2 aromatic carbocycles. The van der Waals surface area contributed by atoms with Gasteiger partial charge in [0, 0.05) is 5.69 Å². The summed E-state index contributed by atoms with van der Waals surface area (Å²) in [6, 6.07) is 14.4. The van der Waals surface area contributed by atoms with E-state index in [9.17, 15) is 9.18 Å². The summed E-state index contributed by atoms with van der Waals surface area (Å²) in [6.45, 7) is 0. The van der Waals surface area contributed by atoms with E-state index in [1.807, 2.05) is 6.07 Å². The molecule has 0 radical (unpaired) electrons. The monoisotopic (exact) mass is 399 g/mol. The summed E-state index contributed by atoms with van der Waals surface area (Å²) < 4.78 is 19.1. The third kappa shape index (κ3) is 3.06. The normalized spacial score (nSPS) is 11.0. The van der Waals surface area contributed by atoms with Gasteiger partial charge in [-0.15, -0.1) is 0 Å². The molecule has 0 aliphatic rings. The largest absolute Gasteiger partial charge is 0.446 e. The van der Waals surface area contributed by atoms with Gasteiger partial charge in [-0.1, -0.05) is 6.07 Å². The summed E-state index contributed by atoms with van der Waals surface area (Å²) >= 11 is 3.25. The van der Waals surface area contributed by atoms with Crippen molar-refractivity contribution in [2.75, 3.05) is 5.32 Å². The van der Waals surface area contributed by atoms with Crippen molar-refractivity contribution in [2.45, 2.75) is 0 Å². The molecule has 25 heavy (non-hydrogen) atoms. The molecule has 2 aromatic heterocycles. The van der Waals surface area contributed by atoms with E-state index in [4.69, 9.17) is 4.42 Å². The Balaban J connectivity index is 1.70. The van der Waals surface area contributed by atoms with E-state index in [1.54, 1.807) is 24.3 Å². The molecule has 0 unspecified atom stereocenters. The number of carbonyl (C=O) groups is 1. The second-order valence-corrected chi connectivity index (χ2v) is 6.13. The highest BCUT2D eigenvalue weighted by Crippen LogP contribution is 2.26. The van der Waals surface area contributed by atoms with Crippen molar-refractivity contribution in [1.82, 2.24) is 9.97 Å². The molecule has 0 bridgehead atoms. The number of nitrogens with zero attached hydrogens (tertiary/aromatic N) is 1. The van der Waals surface area contributed by atoms with Crippen LogP contribution < -0.4 is 5.32 Å². The van der Waals surface area contributed by atoms with Crippen LogP contribution in [0.2, 0.25) is 0 Å². The minimum absolute atomic E-state index is 0.323.